The number of fused-ring (bicyclic) bond motifs is 2. The van der Waals surface area contributed by atoms with Gasteiger partial charge in [-0.1, -0.05) is 6.07 Å². The Labute approximate surface area is 251 Å². The van der Waals surface area contributed by atoms with Gasteiger partial charge in [-0.05, 0) is 93.1 Å². The van der Waals surface area contributed by atoms with E-state index in [0.29, 0.717) is 48.6 Å². The summed E-state index contributed by atoms with van der Waals surface area (Å²) in [6.45, 7) is 4.81. The molecule has 0 bridgehead atoms. The molecule has 0 aromatic heterocycles. The first-order valence-corrected chi connectivity index (χ1v) is 14.1. The van der Waals surface area contributed by atoms with Gasteiger partial charge >= 0.3 is 12.3 Å². The molecule has 2 aliphatic heterocycles. The van der Waals surface area contributed by atoms with Gasteiger partial charge in [-0.2, -0.15) is 18.2 Å². The van der Waals surface area contributed by atoms with E-state index in [1.807, 2.05) is 18.2 Å². The Hall–Kier alpha value is -4.74. The van der Waals surface area contributed by atoms with Crippen molar-refractivity contribution in [1.82, 2.24) is 5.32 Å². The van der Waals surface area contributed by atoms with E-state index in [4.69, 9.17) is 9.47 Å². The Kier molecular flexibility index (Phi) is 8.44. The third-order valence-electron chi connectivity index (χ3n) is 7.08. The predicted octanol–water partition coefficient (Wildman–Crippen LogP) is 6.08. The monoisotopic (exact) mass is 608 g/mol. The molecule has 0 saturated carbocycles. The van der Waals surface area contributed by atoms with Crippen LogP contribution in [0.2, 0.25) is 0 Å². The average Bonchev–Trinajstić information content (AvgIpc) is 2.94. The highest BCUT2D eigenvalue weighted by Crippen LogP contribution is 2.34. The molecule has 1 aliphatic carbocycles. The molecular formula is C32H31F3N4O5. The Morgan fingerprint density at radius 3 is 2.59 bits per heavy atom. The van der Waals surface area contributed by atoms with Gasteiger partial charge in [-0.15, -0.1) is 0 Å². The minimum Gasteiger partial charge on any atom is -0.461 e. The molecule has 0 fully saturated rings. The highest BCUT2D eigenvalue weighted by molar-refractivity contribution is 6.16. The largest absolute Gasteiger partial charge is 0.461 e. The number of nitrogens with one attached hydrogen (secondary N) is 2. The Balaban J connectivity index is 1.28. The first-order chi connectivity index (χ1) is 20.7. The number of hydrogen-bond donors (Lipinski definition) is 2. The van der Waals surface area contributed by atoms with E-state index in [1.54, 1.807) is 33.1 Å². The Bertz CT molecular complexity index is 1630. The van der Waals surface area contributed by atoms with Crippen LogP contribution in [-0.2, 0) is 39.9 Å². The lowest BCUT2D eigenvalue weighted by Gasteiger charge is -2.25. The smallest absolute Gasteiger partial charge is 0.416 e. The van der Waals surface area contributed by atoms with Crippen molar-refractivity contribution in [2.45, 2.75) is 64.8 Å². The summed E-state index contributed by atoms with van der Waals surface area (Å²) in [5, 5.41) is 5.10. The Morgan fingerprint density at radius 1 is 1.05 bits per heavy atom. The number of amidine groups is 1. The number of aryl methyl sites for hydroxylation is 1. The molecule has 2 aromatic rings. The molecule has 3 amide bonds. The molecule has 1 atom stereocenters. The maximum atomic E-state index is 13.7. The molecular weight excluding hydrogens is 577 g/mol. The second-order valence-electron chi connectivity index (χ2n) is 11.7. The van der Waals surface area contributed by atoms with Crippen LogP contribution >= 0.6 is 0 Å². The number of hydrogen-bond acceptors (Lipinski definition) is 6. The van der Waals surface area contributed by atoms with Gasteiger partial charge in [0.2, 0.25) is 5.91 Å². The number of ether oxygens (including phenoxy) is 2. The van der Waals surface area contributed by atoms with Gasteiger partial charge in [0.05, 0.1) is 11.1 Å². The fraction of sp³-hybridized carbons (Fsp3) is 0.344. The van der Waals surface area contributed by atoms with Crippen LogP contribution in [0.4, 0.5) is 23.7 Å². The number of amides is 3. The highest BCUT2D eigenvalue weighted by atomic mass is 19.4. The van der Waals surface area contributed by atoms with Crippen LogP contribution in [0.1, 0.15) is 55.9 Å². The molecule has 44 heavy (non-hydrogen) atoms. The fourth-order valence-corrected chi connectivity index (χ4v) is 5.09. The molecule has 1 unspecified atom stereocenters. The molecule has 5 rings (SSSR count). The van der Waals surface area contributed by atoms with Gasteiger partial charge in [0, 0.05) is 36.9 Å². The first-order valence-electron chi connectivity index (χ1n) is 14.1. The first kappa shape index (κ1) is 30.7. The summed E-state index contributed by atoms with van der Waals surface area (Å²) in [6.07, 6.45) is 1.11. The molecule has 12 heteroatoms. The van der Waals surface area contributed by atoms with Crippen molar-refractivity contribution in [3.8, 4) is 5.75 Å². The number of aliphatic imine (C=N–C) groups is 2. The number of benzene rings is 2. The number of dihydropyridines is 2. The van der Waals surface area contributed by atoms with E-state index in [2.05, 4.69) is 20.6 Å². The zero-order chi connectivity index (χ0) is 31.6. The number of alkyl halides is 3. The third kappa shape index (κ3) is 7.61. The number of rotatable bonds is 6. The van der Waals surface area contributed by atoms with Crippen molar-refractivity contribution >= 4 is 35.6 Å². The van der Waals surface area contributed by atoms with Crippen LogP contribution in [0, 0.1) is 5.92 Å². The minimum absolute atomic E-state index is 0.0161. The molecule has 3 aliphatic rings. The second-order valence-corrected chi connectivity index (χ2v) is 11.7. The molecule has 2 heterocycles. The lowest BCUT2D eigenvalue weighted by molar-refractivity contribution is -0.137. The second kappa shape index (κ2) is 12.1. The summed E-state index contributed by atoms with van der Waals surface area (Å²) in [7, 11) is 0. The zero-order valence-corrected chi connectivity index (χ0v) is 24.4. The normalized spacial score (nSPS) is 17.8. The van der Waals surface area contributed by atoms with Crippen LogP contribution in [0.5, 0.6) is 5.75 Å². The molecule has 0 radical (unpaired) electrons. The van der Waals surface area contributed by atoms with Gasteiger partial charge < -0.3 is 20.1 Å². The summed E-state index contributed by atoms with van der Waals surface area (Å²) in [4.78, 5) is 45.0. The lowest BCUT2D eigenvalue weighted by Crippen LogP contribution is -2.32. The van der Waals surface area contributed by atoms with E-state index in [-0.39, 0.29) is 23.7 Å². The van der Waals surface area contributed by atoms with Crippen molar-refractivity contribution in [2.24, 2.45) is 15.9 Å². The summed E-state index contributed by atoms with van der Waals surface area (Å²) >= 11 is 0. The summed E-state index contributed by atoms with van der Waals surface area (Å²) < 4.78 is 52.3. The number of nitrogens with zero attached hydrogens (tertiary/aromatic N) is 2. The van der Waals surface area contributed by atoms with Crippen LogP contribution in [0.25, 0.3) is 0 Å². The Morgan fingerprint density at radius 2 is 1.84 bits per heavy atom. The standard InChI is InChI=1S/C32H31F3N4O5/c1-31(2,3)44-30(42)37-17-18-12-22(32(33,34)35)16-23(13-18)38-29(41)20-5-4-19-6-7-24(15-21(19)14-20)43-26-10-11-36-28-25(26)8-9-27(40)39-28/h6-9,11-13,15-16,20H,4-5,10,14,17H2,1-3H3,(H,37,42)(H,38,41). The zero-order valence-electron chi connectivity index (χ0n) is 24.4. The number of allylic oxidation sites excluding steroid dienone is 1. The number of anilines is 1. The van der Waals surface area contributed by atoms with Crippen molar-refractivity contribution in [1.29, 1.82) is 0 Å². The van der Waals surface area contributed by atoms with Gasteiger partial charge in [-0.3, -0.25) is 9.59 Å². The van der Waals surface area contributed by atoms with Crippen molar-refractivity contribution < 1.29 is 37.0 Å². The van der Waals surface area contributed by atoms with Gasteiger partial charge in [-0.25, -0.2) is 9.79 Å². The van der Waals surface area contributed by atoms with Crippen LogP contribution in [0.15, 0.2) is 69.9 Å². The molecule has 230 valence electrons. The van der Waals surface area contributed by atoms with Gasteiger partial charge in [0.1, 0.15) is 17.1 Å². The van der Waals surface area contributed by atoms with Gasteiger partial charge in [0.25, 0.3) is 5.91 Å². The van der Waals surface area contributed by atoms with Crippen LogP contribution in [-0.4, -0.2) is 35.6 Å². The van der Waals surface area contributed by atoms with Gasteiger partial charge in [0.15, 0.2) is 5.84 Å². The number of halogens is 3. The number of carbonyl (C=O) groups is 3. The summed E-state index contributed by atoms with van der Waals surface area (Å²) in [6, 6.07) is 8.84. The molecule has 2 N–H and O–H groups in total. The SMILES string of the molecule is CC(C)(C)OC(=O)NCc1cc(NC(=O)C2CCc3ccc(OC4=C5C=CC(=O)N=C5N=CC4)cc3C2)cc(C(F)(F)F)c1. The summed E-state index contributed by atoms with van der Waals surface area (Å²) in [5.41, 5.74) is 1.02. The van der Waals surface area contributed by atoms with E-state index >= 15 is 0 Å². The van der Waals surface area contributed by atoms with Crippen LogP contribution in [0.3, 0.4) is 0 Å². The minimum atomic E-state index is -4.66. The highest BCUT2D eigenvalue weighted by Gasteiger charge is 2.32. The molecule has 9 nitrogen and oxygen atoms in total. The van der Waals surface area contributed by atoms with E-state index < -0.39 is 35.3 Å². The number of alkyl carbamates (subject to hydrolysis) is 1. The maximum absolute atomic E-state index is 13.7. The average molecular weight is 609 g/mol. The third-order valence-corrected chi connectivity index (χ3v) is 7.08. The quantitative estimate of drug-likeness (QED) is 0.412. The molecule has 0 spiro atoms. The van der Waals surface area contributed by atoms with E-state index in [0.717, 1.165) is 23.3 Å². The topological polar surface area (TPSA) is 118 Å². The van der Waals surface area contributed by atoms with E-state index in [9.17, 15) is 27.6 Å². The van der Waals surface area contributed by atoms with Crippen LogP contribution < -0.4 is 15.4 Å². The van der Waals surface area contributed by atoms with Crippen molar-refractivity contribution in [2.75, 3.05) is 5.32 Å². The lowest BCUT2D eigenvalue weighted by atomic mass is 9.83. The predicted molar refractivity (Wildman–Crippen MR) is 157 cm³/mol. The van der Waals surface area contributed by atoms with Crippen molar-refractivity contribution in [3.05, 3.63) is 82.1 Å². The maximum Gasteiger partial charge on any atom is 0.416 e. The number of carbonyl (C=O) groups excluding carboxylic acids is 3. The molecule has 2 aromatic carbocycles. The summed E-state index contributed by atoms with van der Waals surface area (Å²) in [5.74, 6) is 0.163. The van der Waals surface area contributed by atoms with E-state index in [1.165, 1.54) is 12.1 Å². The fourth-order valence-electron chi connectivity index (χ4n) is 5.09. The van der Waals surface area contributed by atoms with Crippen molar-refractivity contribution in [3.63, 3.8) is 0 Å². The molecule has 0 saturated heterocycles.